The third-order valence-corrected chi connectivity index (χ3v) is 1.75. The van der Waals surface area contributed by atoms with Crippen LogP contribution in [0, 0.1) is 0 Å². The van der Waals surface area contributed by atoms with Crippen LogP contribution in [0.4, 0.5) is 0 Å². The van der Waals surface area contributed by atoms with E-state index in [-0.39, 0.29) is 19.0 Å². The van der Waals surface area contributed by atoms with Gasteiger partial charge < -0.3 is 15.6 Å². The first-order valence-electron chi connectivity index (χ1n) is 3.78. The Labute approximate surface area is 83.9 Å². The van der Waals surface area contributed by atoms with Crippen LogP contribution in [0.5, 0.6) is 5.75 Å². The highest BCUT2D eigenvalue weighted by Crippen LogP contribution is 2.19. The summed E-state index contributed by atoms with van der Waals surface area (Å²) in [5, 5.41) is 8.95. The summed E-state index contributed by atoms with van der Waals surface area (Å²) in [6, 6.07) is 5.55. The highest BCUT2D eigenvalue weighted by atomic mass is 35.5. The lowest BCUT2D eigenvalue weighted by atomic mass is 10.1. The van der Waals surface area contributed by atoms with E-state index in [2.05, 4.69) is 0 Å². The minimum Gasteiger partial charge on any atom is -0.496 e. The summed E-state index contributed by atoms with van der Waals surface area (Å²) < 4.78 is 5.03. The van der Waals surface area contributed by atoms with Crippen LogP contribution in [0.25, 0.3) is 0 Å². The van der Waals surface area contributed by atoms with Crippen molar-refractivity contribution >= 4 is 12.4 Å². The maximum atomic E-state index is 8.95. The molecule has 0 heterocycles. The van der Waals surface area contributed by atoms with Crippen LogP contribution in [0.3, 0.4) is 0 Å². The molecular weight excluding hydrogens is 190 g/mol. The zero-order chi connectivity index (χ0) is 8.97. The minimum absolute atomic E-state index is 0. The van der Waals surface area contributed by atoms with Gasteiger partial charge in [0, 0.05) is 12.1 Å². The molecule has 0 fully saturated rings. The lowest BCUT2D eigenvalue weighted by Crippen LogP contribution is -1.99. The smallest absolute Gasteiger partial charge is 0.124 e. The molecule has 1 aromatic rings. The zero-order valence-electron chi connectivity index (χ0n) is 7.49. The lowest BCUT2D eigenvalue weighted by molar-refractivity contribution is 0.273. The Kier molecular flexibility index (Phi) is 5.46. The Balaban J connectivity index is 0.00000144. The number of hydrogen-bond acceptors (Lipinski definition) is 3. The van der Waals surface area contributed by atoms with Gasteiger partial charge in [0.15, 0.2) is 0 Å². The number of aliphatic hydroxyl groups is 1. The molecular formula is C9H14ClNO2. The maximum Gasteiger partial charge on any atom is 0.124 e. The Morgan fingerprint density at radius 3 is 2.62 bits per heavy atom. The van der Waals surface area contributed by atoms with Crippen LogP contribution in [0.1, 0.15) is 11.1 Å². The summed E-state index contributed by atoms with van der Waals surface area (Å²) in [6.45, 7) is 0.466. The topological polar surface area (TPSA) is 55.5 Å². The quantitative estimate of drug-likeness (QED) is 0.773. The molecule has 0 aliphatic rings. The molecule has 0 radical (unpaired) electrons. The Morgan fingerprint density at radius 2 is 2.15 bits per heavy atom. The van der Waals surface area contributed by atoms with Gasteiger partial charge in [-0.3, -0.25) is 0 Å². The minimum atomic E-state index is -0.0169. The Bertz CT molecular complexity index is 266. The molecule has 0 amide bonds. The highest BCUT2D eigenvalue weighted by Gasteiger charge is 2.01. The van der Waals surface area contributed by atoms with E-state index >= 15 is 0 Å². The monoisotopic (exact) mass is 203 g/mol. The molecule has 1 aromatic carbocycles. The van der Waals surface area contributed by atoms with Crippen molar-refractivity contribution < 1.29 is 9.84 Å². The standard InChI is InChI=1S/C9H13NO2.ClH/c1-12-9-3-2-7(5-10)4-8(9)6-11;/h2-4,11H,5-6,10H2,1H3;1H. The molecule has 0 spiro atoms. The number of nitrogens with two attached hydrogens (primary N) is 1. The van der Waals surface area contributed by atoms with Crippen molar-refractivity contribution in [3.05, 3.63) is 29.3 Å². The second-order valence-corrected chi connectivity index (χ2v) is 2.51. The van der Waals surface area contributed by atoms with E-state index in [1.54, 1.807) is 7.11 Å². The van der Waals surface area contributed by atoms with Crippen molar-refractivity contribution in [2.24, 2.45) is 5.73 Å². The SMILES string of the molecule is COc1ccc(CN)cc1CO.Cl. The second kappa shape index (κ2) is 5.80. The van der Waals surface area contributed by atoms with Crippen molar-refractivity contribution in [2.45, 2.75) is 13.2 Å². The van der Waals surface area contributed by atoms with Crippen molar-refractivity contribution in [3.8, 4) is 5.75 Å². The second-order valence-electron chi connectivity index (χ2n) is 2.51. The zero-order valence-corrected chi connectivity index (χ0v) is 8.30. The van der Waals surface area contributed by atoms with E-state index in [0.717, 1.165) is 11.1 Å². The molecule has 0 aliphatic carbocycles. The molecule has 3 nitrogen and oxygen atoms in total. The fourth-order valence-corrected chi connectivity index (χ4v) is 1.08. The Morgan fingerprint density at radius 1 is 1.46 bits per heavy atom. The van der Waals surface area contributed by atoms with Crippen molar-refractivity contribution in [1.29, 1.82) is 0 Å². The predicted octanol–water partition coefficient (Wildman–Crippen LogP) is 1.07. The van der Waals surface area contributed by atoms with Gasteiger partial charge in [-0.2, -0.15) is 0 Å². The van der Waals surface area contributed by atoms with Crippen molar-refractivity contribution in [2.75, 3.05) is 7.11 Å². The number of benzene rings is 1. The van der Waals surface area contributed by atoms with Crippen LogP contribution in [-0.2, 0) is 13.2 Å². The first kappa shape index (κ1) is 12.2. The molecule has 0 aromatic heterocycles. The summed E-state index contributed by atoms with van der Waals surface area (Å²) in [5.41, 5.74) is 7.22. The van der Waals surface area contributed by atoms with Gasteiger partial charge in [-0.05, 0) is 17.7 Å². The van der Waals surface area contributed by atoms with Gasteiger partial charge in [0.05, 0.1) is 13.7 Å². The van der Waals surface area contributed by atoms with Gasteiger partial charge in [-0.25, -0.2) is 0 Å². The van der Waals surface area contributed by atoms with Crippen molar-refractivity contribution in [1.82, 2.24) is 0 Å². The summed E-state index contributed by atoms with van der Waals surface area (Å²) in [4.78, 5) is 0. The first-order valence-corrected chi connectivity index (χ1v) is 3.78. The van der Waals surface area contributed by atoms with E-state index in [9.17, 15) is 0 Å². The molecule has 0 unspecified atom stereocenters. The van der Waals surface area contributed by atoms with Crippen LogP contribution in [0.15, 0.2) is 18.2 Å². The fourth-order valence-electron chi connectivity index (χ4n) is 1.08. The number of aliphatic hydroxyl groups excluding tert-OH is 1. The molecule has 13 heavy (non-hydrogen) atoms. The highest BCUT2D eigenvalue weighted by molar-refractivity contribution is 5.85. The predicted molar refractivity (Wildman–Crippen MR) is 54.1 cm³/mol. The fraction of sp³-hybridized carbons (Fsp3) is 0.333. The van der Waals surface area contributed by atoms with E-state index in [0.29, 0.717) is 12.3 Å². The first-order chi connectivity index (χ1) is 5.81. The molecule has 0 atom stereocenters. The largest absolute Gasteiger partial charge is 0.496 e. The summed E-state index contributed by atoms with van der Waals surface area (Å²) in [5.74, 6) is 0.703. The molecule has 0 saturated carbocycles. The number of ether oxygens (including phenoxy) is 1. The summed E-state index contributed by atoms with van der Waals surface area (Å²) >= 11 is 0. The third kappa shape index (κ3) is 2.88. The van der Waals surface area contributed by atoms with Gasteiger partial charge in [0.1, 0.15) is 5.75 Å². The molecule has 3 N–H and O–H groups in total. The third-order valence-electron chi connectivity index (χ3n) is 1.75. The van der Waals surface area contributed by atoms with E-state index in [1.807, 2.05) is 18.2 Å². The molecule has 0 saturated heterocycles. The normalized spacial score (nSPS) is 9.15. The molecule has 74 valence electrons. The van der Waals surface area contributed by atoms with Gasteiger partial charge in [0.2, 0.25) is 0 Å². The van der Waals surface area contributed by atoms with Gasteiger partial charge in [-0.1, -0.05) is 6.07 Å². The molecule has 0 aliphatic heterocycles. The number of rotatable bonds is 3. The van der Waals surface area contributed by atoms with Gasteiger partial charge >= 0.3 is 0 Å². The average Bonchev–Trinajstić information content (AvgIpc) is 2.16. The molecule has 1 rings (SSSR count). The van der Waals surface area contributed by atoms with Crippen LogP contribution >= 0.6 is 12.4 Å². The molecule has 4 heteroatoms. The van der Waals surface area contributed by atoms with Gasteiger partial charge in [0.25, 0.3) is 0 Å². The van der Waals surface area contributed by atoms with E-state index in [1.165, 1.54) is 0 Å². The van der Waals surface area contributed by atoms with Crippen LogP contribution < -0.4 is 10.5 Å². The number of hydrogen-bond donors (Lipinski definition) is 2. The maximum absolute atomic E-state index is 8.95. The Hall–Kier alpha value is -0.770. The molecule has 0 bridgehead atoms. The van der Waals surface area contributed by atoms with Gasteiger partial charge in [-0.15, -0.1) is 12.4 Å². The summed E-state index contributed by atoms with van der Waals surface area (Å²) in [6.07, 6.45) is 0. The van der Waals surface area contributed by atoms with Crippen LogP contribution in [0.2, 0.25) is 0 Å². The average molecular weight is 204 g/mol. The number of methoxy groups -OCH3 is 1. The van der Waals surface area contributed by atoms with Crippen molar-refractivity contribution in [3.63, 3.8) is 0 Å². The lowest BCUT2D eigenvalue weighted by Gasteiger charge is -2.07. The summed E-state index contributed by atoms with van der Waals surface area (Å²) in [7, 11) is 1.58. The number of halogens is 1. The van der Waals surface area contributed by atoms with E-state index in [4.69, 9.17) is 15.6 Å². The van der Waals surface area contributed by atoms with Crippen LogP contribution in [-0.4, -0.2) is 12.2 Å². The van der Waals surface area contributed by atoms with E-state index < -0.39 is 0 Å².